The van der Waals surface area contributed by atoms with Crippen molar-refractivity contribution < 1.29 is 9.59 Å². The van der Waals surface area contributed by atoms with Gasteiger partial charge in [-0.25, -0.2) is 0 Å². The number of nitrogens with two attached hydrogens (primary N) is 1. The second-order valence-corrected chi connectivity index (χ2v) is 3.42. The summed E-state index contributed by atoms with van der Waals surface area (Å²) in [7, 11) is 0. The highest BCUT2D eigenvalue weighted by Crippen LogP contribution is 2.23. The molecule has 0 aliphatic carbocycles. The monoisotopic (exact) mass is 206 g/mol. The van der Waals surface area contributed by atoms with Crippen molar-refractivity contribution in [1.29, 1.82) is 0 Å². The number of hydrogen-bond acceptors (Lipinski definition) is 5. The lowest BCUT2D eigenvalue weighted by Gasteiger charge is -2.19. The van der Waals surface area contributed by atoms with E-state index in [4.69, 9.17) is 5.73 Å². The molecule has 0 spiro atoms. The number of nitrogen functional groups attached to an aromatic ring is 1. The Morgan fingerprint density at radius 3 is 2.93 bits per heavy atom. The lowest BCUT2D eigenvalue weighted by Crippen LogP contribution is -2.39. The second-order valence-electron chi connectivity index (χ2n) is 3.42. The number of aromatic nitrogens is 2. The van der Waals surface area contributed by atoms with Crippen molar-refractivity contribution in [2.45, 2.75) is 18.8 Å². The van der Waals surface area contributed by atoms with Gasteiger partial charge in [0.2, 0.25) is 11.8 Å². The zero-order chi connectivity index (χ0) is 10.8. The fraction of sp³-hybridized carbons (Fsp3) is 0.333. The molecule has 1 unspecified atom stereocenters. The van der Waals surface area contributed by atoms with Crippen LogP contribution in [0.2, 0.25) is 0 Å². The number of nitrogens with one attached hydrogen (secondary N) is 1. The highest BCUT2D eigenvalue weighted by atomic mass is 16.2. The zero-order valence-electron chi connectivity index (χ0n) is 7.93. The first-order chi connectivity index (χ1) is 7.16. The van der Waals surface area contributed by atoms with E-state index in [1.807, 2.05) is 0 Å². The molecule has 1 aliphatic rings. The van der Waals surface area contributed by atoms with Crippen molar-refractivity contribution in [2.75, 3.05) is 5.73 Å². The van der Waals surface area contributed by atoms with Crippen molar-refractivity contribution in [2.24, 2.45) is 0 Å². The first-order valence-corrected chi connectivity index (χ1v) is 4.58. The zero-order valence-corrected chi connectivity index (χ0v) is 7.93. The molecule has 0 saturated carbocycles. The molecule has 78 valence electrons. The van der Waals surface area contributed by atoms with Crippen LogP contribution in [0.3, 0.4) is 0 Å². The third kappa shape index (κ3) is 1.93. The van der Waals surface area contributed by atoms with Gasteiger partial charge in [-0.3, -0.25) is 14.9 Å². The largest absolute Gasteiger partial charge is 0.397 e. The van der Waals surface area contributed by atoms with E-state index in [1.165, 1.54) is 6.20 Å². The molecule has 0 aromatic carbocycles. The topological polar surface area (TPSA) is 98.0 Å². The minimum atomic E-state index is -0.418. The number of piperidine rings is 1. The Bertz CT molecular complexity index is 418. The maximum atomic E-state index is 11.5. The van der Waals surface area contributed by atoms with Gasteiger partial charge < -0.3 is 5.73 Å². The van der Waals surface area contributed by atoms with E-state index in [0.29, 0.717) is 24.2 Å². The van der Waals surface area contributed by atoms with Crippen LogP contribution in [0.4, 0.5) is 5.69 Å². The molecule has 1 aromatic rings. The lowest BCUT2D eigenvalue weighted by atomic mass is 9.94. The number of nitrogens with zero attached hydrogens (tertiary/aromatic N) is 2. The molecule has 0 bridgehead atoms. The van der Waals surface area contributed by atoms with Crippen molar-refractivity contribution >= 4 is 17.5 Å². The highest BCUT2D eigenvalue weighted by Gasteiger charge is 2.29. The normalized spacial score (nSPS) is 21.2. The van der Waals surface area contributed by atoms with E-state index in [-0.39, 0.29) is 11.8 Å². The minimum Gasteiger partial charge on any atom is -0.397 e. The smallest absolute Gasteiger partial charge is 0.235 e. The third-order valence-electron chi connectivity index (χ3n) is 2.29. The van der Waals surface area contributed by atoms with Crippen LogP contribution in [-0.2, 0) is 9.59 Å². The quantitative estimate of drug-likeness (QED) is 0.608. The molecule has 1 aliphatic heterocycles. The second kappa shape index (κ2) is 3.64. The summed E-state index contributed by atoms with van der Waals surface area (Å²) < 4.78 is 0. The molecule has 1 saturated heterocycles. The van der Waals surface area contributed by atoms with Crippen LogP contribution in [0.5, 0.6) is 0 Å². The van der Waals surface area contributed by atoms with Crippen molar-refractivity contribution in [3.05, 3.63) is 18.0 Å². The summed E-state index contributed by atoms with van der Waals surface area (Å²) >= 11 is 0. The van der Waals surface area contributed by atoms with Crippen LogP contribution in [0, 0.1) is 0 Å². The number of imide groups is 1. The van der Waals surface area contributed by atoms with E-state index < -0.39 is 5.92 Å². The summed E-state index contributed by atoms with van der Waals surface area (Å²) in [6.45, 7) is 0. The summed E-state index contributed by atoms with van der Waals surface area (Å²) in [5, 5.41) is 9.77. The Morgan fingerprint density at radius 2 is 2.27 bits per heavy atom. The fourth-order valence-electron chi connectivity index (χ4n) is 1.55. The van der Waals surface area contributed by atoms with Gasteiger partial charge in [0.15, 0.2) is 0 Å². The Hall–Kier alpha value is -1.98. The van der Waals surface area contributed by atoms with Crippen LogP contribution >= 0.6 is 0 Å². The molecular weight excluding hydrogens is 196 g/mol. The number of amides is 2. The van der Waals surface area contributed by atoms with Crippen molar-refractivity contribution in [3.8, 4) is 0 Å². The average molecular weight is 206 g/mol. The molecule has 0 radical (unpaired) electrons. The molecular formula is C9H10N4O2. The first-order valence-electron chi connectivity index (χ1n) is 4.58. The number of carbonyl (C=O) groups excluding carboxylic acids is 2. The van der Waals surface area contributed by atoms with Gasteiger partial charge in [0.1, 0.15) is 0 Å². The van der Waals surface area contributed by atoms with Gasteiger partial charge in [-0.05, 0) is 12.5 Å². The van der Waals surface area contributed by atoms with Gasteiger partial charge in [0, 0.05) is 6.42 Å². The lowest BCUT2D eigenvalue weighted by molar-refractivity contribution is -0.134. The van der Waals surface area contributed by atoms with E-state index in [0.717, 1.165) is 0 Å². The Labute approximate surface area is 85.9 Å². The van der Waals surface area contributed by atoms with Crippen molar-refractivity contribution in [1.82, 2.24) is 15.5 Å². The van der Waals surface area contributed by atoms with E-state index in [2.05, 4.69) is 15.5 Å². The third-order valence-corrected chi connectivity index (χ3v) is 2.29. The average Bonchev–Trinajstić information content (AvgIpc) is 2.17. The van der Waals surface area contributed by atoms with Crippen LogP contribution in [0.15, 0.2) is 12.3 Å². The summed E-state index contributed by atoms with van der Waals surface area (Å²) in [5.74, 6) is -0.988. The van der Waals surface area contributed by atoms with Gasteiger partial charge in [-0.2, -0.15) is 10.2 Å². The molecule has 1 atom stereocenters. The van der Waals surface area contributed by atoms with Crippen molar-refractivity contribution in [3.63, 3.8) is 0 Å². The molecule has 1 aromatic heterocycles. The first kappa shape index (κ1) is 9.57. The van der Waals surface area contributed by atoms with Gasteiger partial charge in [-0.1, -0.05) is 0 Å². The summed E-state index contributed by atoms with van der Waals surface area (Å²) in [4.78, 5) is 22.4. The van der Waals surface area contributed by atoms with E-state index >= 15 is 0 Å². The van der Waals surface area contributed by atoms with Gasteiger partial charge in [-0.15, -0.1) is 0 Å². The van der Waals surface area contributed by atoms with Crippen LogP contribution < -0.4 is 11.1 Å². The van der Waals surface area contributed by atoms with Gasteiger partial charge >= 0.3 is 0 Å². The van der Waals surface area contributed by atoms with Crippen LogP contribution in [-0.4, -0.2) is 22.0 Å². The number of hydrogen-bond donors (Lipinski definition) is 2. The Kier molecular flexibility index (Phi) is 2.32. The minimum absolute atomic E-state index is 0.242. The van der Waals surface area contributed by atoms with E-state index in [9.17, 15) is 9.59 Å². The fourth-order valence-corrected chi connectivity index (χ4v) is 1.55. The summed E-state index contributed by atoms with van der Waals surface area (Å²) in [6, 6.07) is 1.60. The molecule has 15 heavy (non-hydrogen) atoms. The number of anilines is 1. The standard InChI is InChI=1S/C9H10N4O2/c10-5-3-7(13-11-4-5)6-1-2-8(14)12-9(6)15/h3-4,6H,1-2H2,(H2,10,13)(H,12,14,15). The maximum absolute atomic E-state index is 11.5. The predicted octanol–water partition coefficient (Wildman–Crippen LogP) is -0.421. The van der Waals surface area contributed by atoms with Gasteiger partial charge in [0.25, 0.3) is 0 Å². The molecule has 2 heterocycles. The molecule has 6 heteroatoms. The van der Waals surface area contributed by atoms with Crippen LogP contribution in [0.1, 0.15) is 24.5 Å². The number of carbonyl (C=O) groups is 2. The van der Waals surface area contributed by atoms with E-state index in [1.54, 1.807) is 6.07 Å². The number of rotatable bonds is 1. The SMILES string of the molecule is Nc1cnnc(C2CCC(=O)NC2=O)c1. The van der Waals surface area contributed by atoms with Gasteiger partial charge in [0.05, 0.1) is 23.5 Å². The molecule has 2 amide bonds. The Balaban J connectivity index is 2.24. The van der Waals surface area contributed by atoms with Crippen LogP contribution in [0.25, 0.3) is 0 Å². The molecule has 3 N–H and O–H groups in total. The highest BCUT2D eigenvalue weighted by molar-refractivity contribution is 6.00. The molecule has 2 rings (SSSR count). The maximum Gasteiger partial charge on any atom is 0.235 e. The molecule has 6 nitrogen and oxygen atoms in total. The summed E-state index contributed by atoms with van der Waals surface area (Å²) in [5.41, 5.74) is 6.51. The molecule has 1 fully saturated rings. The summed E-state index contributed by atoms with van der Waals surface area (Å²) in [6.07, 6.45) is 2.20. The Morgan fingerprint density at radius 1 is 1.47 bits per heavy atom. The predicted molar refractivity (Wildman–Crippen MR) is 51.6 cm³/mol.